The molecule has 0 aliphatic rings. The number of carbonyl (C=O) groups excluding carboxylic acids is 1. The molecule has 0 bridgehead atoms. The first-order valence-electron chi connectivity index (χ1n) is 5.23. The molecule has 0 atom stereocenters. The lowest BCUT2D eigenvalue weighted by Crippen LogP contribution is -2.29. The van der Waals surface area contributed by atoms with Gasteiger partial charge in [-0.15, -0.1) is 0 Å². The maximum atomic E-state index is 11.7. The maximum Gasteiger partial charge on any atom is 0.287 e. The van der Waals surface area contributed by atoms with Crippen LogP contribution in [0.1, 0.15) is 10.6 Å². The predicted octanol–water partition coefficient (Wildman–Crippen LogP) is 0.482. The molecule has 0 saturated carbocycles. The number of carbonyl (C=O) groups is 1. The number of hydrogen-bond acceptors (Lipinski definition) is 4. The molecule has 5 heteroatoms. The molecule has 1 aromatic carbocycles. The quantitative estimate of drug-likeness (QED) is 0.806. The Bertz CT molecular complexity index is 604. The molecule has 17 heavy (non-hydrogen) atoms. The van der Waals surface area contributed by atoms with Crippen LogP contribution < -0.4 is 16.5 Å². The van der Waals surface area contributed by atoms with Crippen LogP contribution >= 0.6 is 0 Å². The van der Waals surface area contributed by atoms with Crippen LogP contribution in [0.3, 0.4) is 0 Å². The molecule has 5 nitrogen and oxygen atoms in total. The number of para-hydroxylation sites is 1. The van der Waals surface area contributed by atoms with Crippen molar-refractivity contribution < 1.29 is 9.21 Å². The maximum absolute atomic E-state index is 11.7. The normalized spacial score (nSPS) is 10.4. The summed E-state index contributed by atoms with van der Waals surface area (Å²) in [7, 11) is 0. The van der Waals surface area contributed by atoms with Gasteiger partial charge in [-0.05, 0) is 12.1 Å². The van der Waals surface area contributed by atoms with E-state index in [4.69, 9.17) is 10.2 Å². The van der Waals surface area contributed by atoms with Gasteiger partial charge >= 0.3 is 0 Å². The van der Waals surface area contributed by atoms with Gasteiger partial charge in [-0.1, -0.05) is 12.1 Å². The average molecular weight is 232 g/mol. The minimum atomic E-state index is -0.432. The summed E-state index contributed by atoms with van der Waals surface area (Å²) >= 11 is 0. The standard InChI is InChI=1S/C12H12N2O3/c13-5-6-14-12(16)11-7-9(15)8-3-1-2-4-10(8)17-11/h1-4,7H,5-6,13H2,(H,14,16). The van der Waals surface area contributed by atoms with Gasteiger partial charge in [-0.2, -0.15) is 0 Å². The van der Waals surface area contributed by atoms with Crippen LogP contribution in [-0.4, -0.2) is 19.0 Å². The van der Waals surface area contributed by atoms with Crippen LogP contribution in [0.4, 0.5) is 0 Å². The van der Waals surface area contributed by atoms with Gasteiger partial charge in [0.2, 0.25) is 0 Å². The molecule has 2 rings (SSSR count). The number of hydrogen-bond donors (Lipinski definition) is 2. The van der Waals surface area contributed by atoms with E-state index in [-0.39, 0.29) is 11.2 Å². The third kappa shape index (κ3) is 2.34. The van der Waals surface area contributed by atoms with Crippen LogP contribution in [0.15, 0.2) is 39.5 Å². The number of rotatable bonds is 3. The van der Waals surface area contributed by atoms with Gasteiger partial charge in [0.15, 0.2) is 11.2 Å². The Labute approximate surface area is 97.2 Å². The van der Waals surface area contributed by atoms with E-state index >= 15 is 0 Å². The summed E-state index contributed by atoms with van der Waals surface area (Å²) in [6.45, 7) is 0.679. The molecule has 0 fully saturated rings. The first-order chi connectivity index (χ1) is 8.22. The van der Waals surface area contributed by atoms with Gasteiger partial charge in [-0.25, -0.2) is 0 Å². The lowest BCUT2D eigenvalue weighted by atomic mass is 10.2. The Morgan fingerprint density at radius 3 is 2.88 bits per heavy atom. The number of nitrogens with one attached hydrogen (secondary N) is 1. The molecule has 2 aromatic rings. The van der Waals surface area contributed by atoms with Gasteiger partial charge in [0.25, 0.3) is 5.91 Å². The van der Waals surface area contributed by atoms with E-state index in [0.29, 0.717) is 24.1 Å². The van der Waals surface area contributed by atoms with Crippen molar-refractivity contribution in [3.63, 3.8) is 0 Å². The fourth-order valence-electron chi connectivity index (χ4n) is 1.49. The third-order valence-corrected chi connectivity index (χ3v) is 2.29. The van der Waals surface area contributed by atoms with Gasteiger partial charge in [0.1, 0.15) is 5.58 Å². The van der Waals surface area contributed by atoms with E-state index < -0.39 is 5.91 Å². The summed E-state index contributed by atoms with van der Waals surface area (Å²) in [5.74, 6) is -0.430. The van der Waals surface area contributed by atoms with Gasteiger partial charge in [0, 0.05) is 19.2 Å². The van der Waals surface area contributed by atoms with Crippen molar-refractivity contribution in [2.45, 2.75) is 0 Å². The van der Waals surface area contributed by atoms with Gasteiger partial charge in [-0.3, -0.25) is 9.59 Å². The molecular weight excluding hydrogens is 220 g/mol. The molecule has 1 aromatic heterocycles. The van der Waals surface area contributed by atoms with Crippen molar-refractivity contribution in [3.05, 3.63) is 46.3 Å². The average Bonchev–Trinajstić information content (AvgIpc) is 2.36. The largest absolute Gasteiger partial charge is 0.451 e. The van der Waals surface area contributed by atoms with E-state index in [1.54, 1.807) is 24.3 Å². The van der Waals surface area contributed by atoms with Crippen LogP contribution in [0.2, 0.25) is 0 Å². The van der Waals surface area contributed by atoms with E-state index in [9.17, 15) is 9.59 Å². The van der Waals surface area contributed by atoms with E-state index in [2.05, 4.69) is 5.32 Å². The van der Waals surface area contributed by atoms with E-state index in [1.807, 2.05) is 0 Å². The Hall–Kier alpha value is -2.14. The highest BCUT2D eigenvalue weighted by molar-refractivity contribution is 5.93. The van der Waals surface area contributed by atoms with Gasteiger partial charge in [0.05, 0.1) is 5.39 Å². The molecule has 3 N–H and O–H groups in total. The lowest BCUT2D eigenvalue weighted by molar-refractivity contribution is 0.0927. The summed E-state index contributed by atoms with van der Waals surface area (Å²) in [4.78, 5) is 23.3. The number of fused-ring (bicyclic) bond motifs is 1. The molecule has 88 valence electrons. The van der Waals surface area contributed by atoms with Crippen LogP contribution in [0.25, 0.3) is 11.0 Å². The summed E-state index contributed by atoms with van der Waals surface area (Å²) < 4.78 is 5.35. The van der Waals surface area contributed by atoms with E-state index in [0.717, 1.165) is 0 Å². The zero-order valence-electron chi connectivity index (χ0n) is 9.10. The van der Waals surface area contributed by atoms with E-state index in [1.165, 1.54) is 6.07 Å². The van der Waals surface area contributed by atoms with Crippen molar-refractivity contribution in [1.29, 1.82) is 0 Å². The van der Waals surface area contributed by atoms with Crippen molar-refractivity contribution in [2.75, 3.05) is 13.1 Å². The van der Waals surface area contributed by atoms with Gasteiger partial charge < -0.3 is 15.5 Å². The Balaban J connectivity index is 2.43. The fraction of sp³-hybridized carbons (Fsp3) is 0.167. The highest BCUT2D eigenvalue weighted by Gasteiger charge is 2.10. The number of amides is 1. The topological polar surface area (TPSA) is 85.3 Å². The summed E-state index contributed by atoms with van der Waals surface area (Å²) in [5, 5.41) is 3.00. The lowest BCUT2D eigenvalue weighted by Gasteiger charge is -2.03. The SMILES string of the molecule is NCCNC(=O)c1cc(=O)c2ccccc2o1. The molecule has 1 heterocycles. The summed E-state index contributed by atoms with van der Waals surface area (Å²) in [5.41, 5.74) is 5.44. The molecule has 0 spiro atoms. The highest BCUT2D eigenvalue weighted by Crippen LogP contribution is 2.11. The first kappa shape index (κ1) is 11.3. The minimum Gasteiger partial charge on any atom is -0.451 e. The summed E-state index contributed by atoms with van der Waals surface area (Å²) in [6, 6.07) is 7.98. The number of nitrogens with two attached hydrogens (primary N) is 1. The number of benzene rings is 1. The van der Waals surface area contributed by atoms with Crippen LogP contribution in [0.5, 0.6) is 0 Å². The van der Waals surface area contributed by atoms with Crippen molar-refractivity contribution in [1.82, 2.24) is 5.32 Å². The zero-order valence-corrected chi connectivity index (χ0v) is 9.10. The first-order valence-corrected chi connectivity index (χ1v) is 5.23. The monoisotopic (exact) mass is 232 g/mol. The van der Waals surface area contributed by atoms with Crippen LogP contribution in [0, 0.1) is 0 Å². The third-order valence-electron chi connectivity index (χ3n) is 2.29. The fourth-order valence-corrected chi connectivity index (χ4v) is 1.49. The molecule has 0 radical (unpaired) electrons. The molecule has 0 aliphatic carbocycles. The molecule has 0 aliphatic heterocycles. The molecule has 0 saturated heterocycles. The van der Waals surface area contributed by atoms with Crippen molar-refractivity contribution in [3.8, 4) is 0 Å². The molecule has 1 amide bonds. The molecule has 0 unspecified atom stereocenters. The Kier molecular flexibility index (Phi) is 3.20. The second kappa shape index (κ2) is 4.80. The van der Waals surface area contributed by atoms with Crippen molar-refractivity contribution in [2.24, 2.45) is 5.73 Å². The predicted molar refractivity (Wildman–Crippen MR) is 63.9 cm³/mol. The zero-order chi connectivity index (χ0) is 12.3. The second-order valence-corrected chi connectivity index (χ2v) is 3.52. The van der Waals surface area contributed by atoms with Crippen molar-refractivity contribution >= 4 is 16.9 Å². The summed E-state index contributed by atoms with van der Waals surface area (Å²) in [6.07, 6.45) is 0. The second-order valence-electron chi connectivity index (χ2n) is 3.52. The minimum absolute atomic E-state index is 0.00199. The Morgan fingerprint density at radius 2 is 2.12 bits per heavy atom. The smallest absolute Gasteiger partial charge is 0.287 e. The highest BCUT2D eigenvalue weighted by atomic mass is 16.3. The Morgan fingerprint density at radius 1 is 1.35 bits per heavy atom. The molecular formula is C12H12N2O3. The van der Waals surface area contributed by atoms with Crippen LogP contribution in [-0.2, 0) is 0 Å².